The lowest BCUT2D eigenvalue weighted by molar-refractivity contribution is -0.281. The number of hydrogen-bond acceptors (Lipinski definition) is 32. The number of ether oxygens (including phenoxy) is 8. The molecule has 41 nitrogen and oxygen atoms in total. The molecule has 10 aliphatic rings. The second-order valence-electron chi connectivity index (χ2n) is 32.4. The molecule has 704 valence electrons. The lowest BCUT2D eigenvalue weighted by Gasteiger charge is -2.43. The van der Waals surface area contributed by atoms with Gasteiger partial charge in [-0.2, -0.15) is 0 Å². The second kappa shape index (κ2) is 40.8. The van der Waals surface area contributed by atoms with Crippen molar-refractivity contribution in [2.24, 2.45) is 57.5 Å². The first-order valence-corrected chi connectivity index (χ1v) is 42.5. The molecule has 8 aliphatic heterocycles. The number of carboxylic acids is 1. The third-order valence-corrected chi connectivity index (χ3v) is 23.8. The van der Waals surface area contributed by atoms with Gasteiger partial charge in [0, 0.05) is 67.0 Å². The van der Waals surface area contributed by atoms with Crippen molar-refractivity contribution in [1.82, 2.24) is 0 Å². The molecule has 1 saturated carbocycles. The Hall–Kier alpha value is -12.3. The zero-order valence-corrected chi connectivity index (χ0v) is 71.5. The number of aliphatic imine (C=N–C) groups is 8. The van der Waals surface area contributed by atoms with E-state index in [0.717, 1.165) is 74.4 Å². The van der Waals surface area contributed by atoms with Gasteiger partial charge in [-0.1, -0.05) is 85.1 Å². The molecule has 3 fully saturated rings. The molecule has 8 heterocycles. The van der Waals surface area contributed by atoms with Crippen LogP contribution in [0.5, 0.6) is 63.2 Å². The van der Waals surface area contributed by atoms with Crippen molar-refractivity contribution in [1.29, 1.82) is 0 Å². The number of aromatic hydroxyl groups is 4. The van der Waals surface area contributed by atoms with E-state index >= 15 is 0 Å². The highest BCUT2D eigenvalue weighted by atomic mass is 35.5. The molecule has 16 rings (SSSR count). The van der Waals surface area contributed by atoms with Crippen LogP contribution in [0.1, 0.15) is 116 Å². The van der Waals surface area contributed by atoms with Crippen molar-refractivity contribution in [2.45, 2.75) is 193 Å². The number of phenols is 4. The molecule has 6 aromatic carbocycles. The number of rotatable bonds is 18. The van der Waals surface area contributed by atoms with Crippen LogP contribution in [-0.4, -0.2) is 294 Å². The molecule has 0 amide bonds. The van der Waals surface area contributed by atoms with Gasteiger partial charge in [-0.05, 0) is 126 Å². The lowest BCUT2D eigenvalue weighted by Crippen LogP contribution is -2.60. The minimum absolute atomic E-state index is 0.0878. The molecule has 2 aliphatic carbocycles. The number of aliphatic hydroxyl groups excluding tert-OH is 18. The van der Waals surface area contributed by atoms with Crippen LogP contribution in [0, 0.1) is 11.8 Å². The number of halogens is 2. The van der Waals surface area contributed by atoms with Gasteiger partial charge in [-0.15, -0.1) is 0 Å². The van der Waals surface area contributed by atoms with Crippen LogP contribution >= 0.6 is 23.2 Å². The SMILES string of the molecule is CCCC=CCC=CCC(O)=NC1C(Oc2c3cc4cc2Oc2ccc(cc2Cl)CC2N=C(O)C(N)c5ccc(O)c(c5)Oc5cc(O)cc(c5)C(N=C2O)C(O)=NC4C(O)=NC2C(O)=NC(C(O)=NC(C(=O)O)c4cc(O)cc(OC5OC(CO)C(O)C(O)C5O)c4-c4cc2ccc4O)C(OC2OC(CO)C(O)C(O)C2N=C(C)O)C2C=CC(=C(Cl)C2)O3)CC(CO)C(O)C1O. The molecule has 24 atom stereocenters. The first-order valence-electron chi connectivity index (χ1n) is 41.7. The summed E-state index contributed by atoms with van der Waals surface area (Å²) in [5.41, 5.74) is 3.64. The fraction of sp³-hybridized carbons (Fsp3) is 0.404. The number of nitrogens with two attached hydrogens (primary N) is 1. The van der Waals surface area contributed by atoms with Crippen LogP contribution in [0.15, 0.2) is 184 Å². The summed E-state index contributed by atoms with van der Waals surface area (Å²) < 4.78 is 51.9. The van der Waals surface area contributed by atoms with Crippen LogP contribution in [0.3, 0.4) is 0 Å². The van der Waals surface area contributed by atoms with Crippen LogP contribution in [-0.2, 0) is 25.4 Å². The lowest BCUT2D eigenvalue weighted by atomic mass is 9.80. The van der Waals surface area contributed by atoms with Gasteiger partial charge >= 0.3 is 5.97 Å². The Morgan fingerprint density at radius 1 is 0.561 bits per heavy atom. The van der Waals surface area contributed by atoms with Crippen molar-refractivity contribution >= 4 is 76.4 Å². The zero-order valence-electron chi connectivity index (χ0n) is 70.0. The first kappa shape index (κ1) is 95.8. The van der Waals surface area contributed by atoms with E-state index in [0.29, 0.717) is 6.42 Å². The molecule has 0 radical (unpaired) electrons. The van der Waals surface area contributed by atoms with Gasteiger partial charge in [0.05, 0.1) is 35.5 Å². The van der Waals surface area contributed by atoms with Gasteiger partial charge in [0.15, 0.2) is 71.3 Å². The number of benzene rings is 6. The van der Waals surface area contributed by atoms with Crippen molar-refractivity contribution in [2.75, 3.05) is 19.8 Å². The van der Waals surface area contributed by atoms with Crippen molar-refractivity contribution < 1.29 is 160 Å². The smallest absolute Gasteiger partial charge is 0.333 e. The monoisotopic (exact) mass is 1870 g/mol. The molecule has 24 unspecified atom stereocenters. The van der Waals surface area contributed by atoms with Crippen molar-refractivity contribution in [3.63, 3.8) is 0 Å². The van der Waals surface area contributed by atoms with Gasteiger partial charge in [0.2, 0.25) is 47.4 Å². The minimum atomic E-state index is -2.60. The Labute approximate surface area is 760 Å². The molecule has 132 heavy (non-hydrogen) atoms. The van der Waals surface area contributed by atoms with E-state index in [4.69, 9.17) is 76.8 Å². The zero-order chi connectivity index (χ0) is 94.7. The number of aliphatic carboxylic acids is 1. The van der Waals surface area contributed by atoms with E-state index in [9.17, 15) is 122 Å². The van der Waals surface area contributed by atoms with E-state index in [1.165, 1.54) is 54.6 Å². The van der Waals surface area contributed by atoms with Crippen LogP contribution < -0.4 is 29.4 Å². The van der Waals surface area contributed by atoms with Gasteiger partial charge in [0.25, 0.3) is 0 Å². The maximum Gasteiger partial charge on any atom is 0.333 e. The predicted molar refractivity (Wildman–Crippen MR) is 472 cm³/mol. The summed E-state index contributed by atoms with van der Waals surface area (Å²) in [6, 6.07) is -1.29. The Kier molecular flexibility index (Phi) is 29.6. The molecule has 43 heteroatoms. The highest BCUT2D eigenvalue weighted by molar-refractivity contribution is 6.32. The predicted octanol–water partition coefficient (Wildman–Crippen LogP) is 7.39. The quantitative estimate of drug-likeness (QED) is 0.0226. The highest BCUT2D eigenvalue weighted by Crippen LogP contribution is 2.52. The Balaban J connectivity index is 1.09. The fourth-order valence-corrected chi connectivity index (χ4v) is 16.9. The van der Waals surface area contributed by atoms with E-state index in [1.54, 1.807) is 12.2 Å². The van der Waals surface area contributed by atoms with Crippen LogP contribution in [0.25, 0.3) is 11.1 Å². The summed E-state index contributed by atoms with van der Waals surface area (Å²) in [5, 5.41) is 272. The standard InChI is InChI=1S/C89H97Cl2N9O32/c1-3-4-5-6-7-8-9-10-62(109)95-69-57(28-42(32-101)72(110)75(69)113)128-80-58-26-41-27-59(80)127-54-18-14-39(24-49(54)91)79(132-88-70(93-35(2)104)76(114)73(111)60(33-102)130-88)71-86(122)99-68(87(123)124)47-30-44(106)31-56(129-89-78(116)77(115)74(112)61(34-103)131-89)63(47)46-23-38(13-15-51(46)107)65(83(119)100-71)97-85(121)67(41)98-84(120)66-40-21-43(105)29-45(22-40)125-55-25-37(12-16-52(55)108)64(92)82(118)94-50(81(117)96-66)20-36-11-17-53(126-58)48(90)19-36/h5-6,8-9,11-19,21-23,25-27,29-31,39,42,50,57,60-61,64-79,88-89,101-103,105-108,110-116H,3-4,7,10,20,24,28,32-34,92H2,1-2H3,(H,93,104)(H,94,118)(H,95,109)(H,96,117)(H,97,121)(H,98,120)(H,99,122)(H,100,119)(H,123,124). The summed E-state index contributed by atoms with van der Waals surface area (Å²) in [7, 11) is 0. The van der Waals surface area contributed by atoms with Crippen molar-refractivity contribution in [3.8, 4) is 74.4 Å². The first-order chi connectivity index (χ1) is 63.0. The van der Waals surface area contributed by atoms with E-state index in [2.05, 4.69) is 30.0 Å². The van der Waals surface area contributed by atoms with Gasteiger partial charge < -0.3 is 161 Å². The third kappa shape index (κ3) is 20.6. The number of carboxylic acid groups (broad SMARTS) is 1. The largest absolute Gasteiger partial charge is 0.508 e. The molecule has 25 N–H and O–H groups in total. The molecular formula is C89H97Cl2N9O32. The van der Waals surface area contributed by atoms with Gasteiger partial charge in [-0.3, -0.25) is 0 Å². The summed E-state index contributed by atoms with van der Waals surface area (Å²) in [6.45, 7) is 0.202. The number of hydrogen-bond donors (Lipinski definition) is 24. The maximum atomic E-state index is 14.3. The summed E-state index contributed by atoms with van der Waals surface area (Å²) in [5.74, 6) is -20.2. The molecule has 2 saturated heterocycles. The third-order valence-electron chi connectivity index (χ3n) is 23.2. The number of unbranched alkanes of at least 4 members (excludes halogenated alkanes) is 1. The summed E-state index contributed by atoms with van der Waals surface area (Å²) >= 11 is 14.9. The fourth-order valence-electron chi connectivity index (χ4n) is 16.4. The van der Waals surface area contributed by atoms with Gasteiger partial charge in [-0.25, -0.2) is 44.7 Å². The number of nitrogens with zero attached hydrogens (tertiary/aromatic N) is 8. The average molecular weight is 1880 g/mol. The Morgan fingerprint density at radius 2 is 1.20 bits per heavy atom. The summed E-state index contributed by atoms with van der Waals surface area (Å²) in [6.07, 6.45) is -15.6. The number of aliphatic hydroxyl groups is 18. The normalized spacial score (nSPS) is 30.6. The van der Waals surface area contributed by atoms with Gasteiger partial charge in [0.1, 0.15) is 119 Å². The molecule has 6 aromatic rings. The molecular weight excluding hydrogens is 1780 g/mol. The van der Waals surface area contributed by atoms with Crippen molar-refractivity contribution in [3.05, 3.63) is 183 Å². The van der Waals surface area contributed by atoms with E-state index < -0.39 is 312 Å². The topological polar surface area (TPSA) is 681 Å². The van der Waals surface area contributed by atoms with Crippen LogP contribution in [0.4, 0.5) is 0 Å². The minimum Gasteiger partial charge on any atom is -0.508 e. The van der Waals surface area contributed by atoms with Crippen LogP contribution in [0.2, 0.25) is 5.02 Å². The summed E-state index contributed by atoms with van der Waals surface area (Å²) in [4.78, 5) is 50.2. The number of fused-ring (bicyclic) bond motifs is 11. The second-order valence-corrected chi connectivity index (χ2v) is 33.3. The highest BCUT2D eigenvalue weighted by Gasteiger charge is 2.52. The average Bonchev–Trinajstić information content (AvgIpc) is 0.752. The Morgan fingerprint density at radius 3 is 1.88 bits per heavy atom. The number of phenolic OH excluding ortho intramolecular Hbond substituents is 4. The Bertz CT molecular complexity index is 5700. The molecule has 17 bridgehead atoms. The molecule has 0 spiro atoms. The van der Waals surface area contributed by atoms with E-state index in [1.807, 2.05) is 19.1 Å². The maximum absolute atomic E-state index is 14.3. The number of carbonyl (C=O) groups is 1. The molecule has 0 aromatic heterocycles. The number of allylic oxidation sites excluding steroid dienone is 5. The van der Waals surface area contributed by atoms with E-state index in [-0.39, 0.29) is 56.2 Å².